The third-order valence-electron chi connectivity index (χ3n) is 2.33. The van der Waals surface area contributed by atoms with E-state index < -0.39 is 0 Å². The van der Waals surface area contributed by atoms with Gasteiger partial charge in [0.05, 0.1) is 5.69 Å². The molecule has 3 nitrogen and oxygen atoms in total. The van der Waals surface area contributed by atoms with E-state index >= 15 is 0 Å². The Labute approximate surface area is 83.1 Å². The fourth-order valence-corrected chi connectivity index (χ4v) is 1.52. The van der Waals surface area contributed by atoms with E-state index in [1.807, 2.05) is 32.0 Å². The molecule has 1 aliphatic rings. The van der Waals surface area contributed by atoms with Crippen LogP contribution < -0.4 is 10.1 Å². The molecule has 1 aliphatic heterocycles. The minimum absolute atomic E-state index is 0.0520. The summed E-state index contributed by atoms with van der Waals surface area (Å²) in [6.45, 7) is 3.94. The Kier molecular flexibility index (Phi) is 2.15. The van der Waals surface area contributed by atoms with Crippen LogP contribution in [0.4, 0.5) is 5.69 Å². The highest BCUT2D eigenvalue weighted by molar-refractivity contribution is 5.97. The number of hydrogen-bond donors (Lipinski definition) is 1. The lowest BCUT2D eigenvalue weighted by atomic mass is 10.1. The minimum Gasteiger partial charge on any atom is -0.478 e. The van der Waals surface area contributed by atoms with Gasteiger partial charge < -0.3 is 10.1 Å². The van der Waals surface area contributed by atoms with Gasteiger partial charge in [-0.2, -0.15) is 0 Å². The van der Waals surface area contributed by atoms with Crippen LogP contribution in [-0.4, -0.2) is 12.0 Å². The van der Waals surface area contributed by atoms with Crippen molar-refractivity contribution in [3.05, 3.63) is 23.8 Å². The second-order valence-corrected chi connectivity index (χ2v) is 3.50. The quantitative estimate of drug-likeness (QED) is 0.738. The molecule has 2 rings (SSSR count). The number of anilines is 1. The normalized spacial score (nSPS) is 19.6. The molecule has 1 atom stereocenters. The second-order valence-electron chi connectivity index (χ2n) is 3.50. The molecule has 74 valence electrons. The van der Waals surface area contributed by atoms with Crippen molar-refractivity contribution < 1.29 is 9.53 Å². The number of nitrogens with one attached hydrogen (secondary N) is 1. The number of aryl methyl sites for hydroxylation is 1. The first-order valence-electron chi connectivity index (χ1n) is 4.79. The van der Waals surface area contributed by atoms with Gasteiger partial charge in [0.25, 0.3) is 5.91 Å². The molecule has 0 radical (unpaired) electrons. The highest BCUT2D eigenvalue weighted by atomic mass is 16.5. The summed E-state index contributed by atoms with van der Waals surface area (Å²) < 4.78 is 5.56. The van der Waals surface area contributed by atoms with Crippen molar-refractivity contribution in [3.63, 3.8) is 0 Å². The summed E-state index contributed by atoms with van der Waals surface area (Å²) in [5.74, 6) is 0.723. The summed E-state index contributed by atoms with van der Waals surface area (Å²) in [7, 11) is 0. The minimum atomic E-state index is -0.343. The number of hydrogen-bond acceptors (Lipinski definition) is 2. The molecule has 1 heterocycles. The molecule has 1 amide bonds. The van der Waals surface area contributed by atoms with Gasteiger partial charge in [-0.3, -0.25) is 4.79 Å². The molecule has 1 unspecified atom stereocenters. The molecule has 0 aliphatic carbocycles. The number of amides is 1. The lowest BCUT2D eigenvalue weighted by Gasteiger charge is -2.25. The maximum absolute atomic E-state index is 11.4. The van der Waals surface area contributed by atoms with Gasteiger partial charge in [0, 0.05) is 0 Å². The van der Waals surface area contributed by atoms with Gasteiger partial charge >= 0.3 is 0 Å². The van der Waals surface area contributed by atoms with E-state index in [9.17, 15) is 4.79 Å². The number of carbonyl (C=O) groups is 1. The van der Waals surface area contributed by atoms with Crippen LogP contribution in [0.5, 0.6) is 5.75 Å². The average Bonchev–Trinajstić information content (AvgIpc) is 2.17. The summed E-state index contributed by atoms with van der Waals surface area (Å²) in [5.41, 5.74) is 1.90. The van der Waals surface area contributed by atoms with E-state index in [2.05, 4.69) is 5.32 Å². The number of fused-ring (bicyclic) bond motifs is 1. The van der Waals surface area contributed by atoms with E-state index in [1.165, 1.54) is 0 Å². The van der Waals surface area contributed by atoms with Crippen LogP contribution in [0.25, 0.3) is 0 Å². The molecule has 1 aromatic carbocycles. The van der Waals surface area contributed by atoms with Crippen molar-refractivity contribution in [2.45, 2.75) is 26.4 Å². The van der Waals surface area contributed by atoms with Crippen LogP contribution in [-0.2, 0) is 4.79 Å². The largest absolute Gasteiger partial charge is 0.478 e. The first-order valence-corrected chi connectivity index (χ1v) is 4.79. The fraction of sp³-hybridized carbons (Fsp3) is 0.364. The van der Waals surface area contributed by atoms with Crippen molar-refractivity contribution in [1.82, 2.24) is 0 Å². The van der Waals surface area contributed by atoms with E-state index in [4.69, 9.17) is 4.74 Å². The number of carbonyl (C=O) groups excluding carboxylic acids is 1. The molecule has 14 heavy (non-hydrogen) atoms. The number of rotatable bonds is 1. The molecule has 0 bridgehead atoms. The molecule has 3 heteroatoms. The Balaban J connectivity index is 2.36. The summed E-state index contributed by atoms with van der Waals surface area (Å²) in [6, 6.07) is 5.76. The third-order valence-corrected chi connectivity index (χ3v) is 2.33. The molecule has 1 aromatic rings. The van der Waals surface area contributed by atoms with Crippen LogP contribution in [0.1, 0.15) is 18.9 Å². The molecular weight excluding hydrogens is 178 g/mol. The van der Waals surface area contributed by atoms with Crippen LogP contribution in [0.2, 0.25) is 0 Å². The Morgan fingerprint density at radius 3 is 3.00 bits per heavy atom. The van der Waals surface area contributed by atoms with Crippen molar-refractivity contribution in [2.24, 2.45) is 0 Å². The third kappa shape index (κ3) is 1.45. The smallest absolute Gasteiger partial charge is 0.265 e. The predicted molar refractivity (Wildman–Crippen MR) is 54.5 cm³/mol. The zero-order valence-electron chi connectivity index (χ0n) is 8.33. The summed E-state index contributed by atoms with van der Waals surface area (Å²) in [6.07, 6.45) is 0.350. The molecular formula is C11H13NO2. The summed E-state index contributed by atoms with van der Waals surface area (Å²) >= 11 is 0. The zero-order valence-corrected chi connectivity index (χ0v) is 8.33. The topological polar surface area (TPSA) is 38.3 Å². The van der Waals surface area contributed by atoms with Gasteiger partial charge in [-0.1, -0.05) is 13.0 Å². The van der Waals surface area contributed by atoms with Gasteiger partial charge in [0.2, 0.25) is 0 Å². The van der Waals surface area contributed by atoms with Gasteiger partial charge in [-0.05, 0) is 31.0 Å². The fourth-order valence-electron chi connectivity index (χ4n) is 1.52. The van der Waals surface area contributed by atoms with Crippen molar-refractivity contribution >= 4 is 11.6 Å². The van der Waals surface area contributed by atoms with Crippen molar-refractivity contribution in [1.29, 1.82) is 0 Å². The highest BCUT2D eigenvalue weighted by Gasteiger charge is 2.25. The maximum atomic E-state index is 11.4. The van der Waals surface area contributed by atoms with Crippen molar-refractivity contribution in [3.8, 4) is 5.75 Å². The van der Waals surface area contributed by atoms with Gasteiger partial charge in [-0.25, -0.2) is 0 Å². The van der Waals surface area contributed by atoms with E-state index in [1.54, 1.807) is 0 Å². The van der Waals surface area contributed by atoms with Crippen LogP contribution in [0.3, 0.4) is 0 Å². The van der Waals surface area contributed by atoms with Crippen LogP contribution in [0, 0.1) is 6.92 Å². The summed E-state index contributed by atoms with van der Waals surface area (Å²) in [5, 5.41) is 2.82. The molecule has 1 N–H and O–H groups in total. The molecule has 0 aromatic heterocycles. The second kappa shape index (κ2) is 3.33. The van der Waals surface area contributed by atoms with E-state index in [0.717, 1.165) is 17.0 Å². The average molecular weight is 191 g/mol. The number of benzene rings is 1. The SMILES string of the molecule is CCC1Oc2cc(C)ccc2NC1=O. The highest BCUT2D eigenvalue weighted by Crippen LogP contribution is 2.30. The van der Waals surface area contributed by atoms with Gasteiger partial charge in [0.15, 0.2) is 6.10 Å². The zero-order chi connectivity index (χ0) is 10.1. The van der Waals surface area contributed by atoms with E-state index in [-0.39, 0.29) is 12.0 Å². The van der Waals surface area contributed by atoms with Crippen LogP contribution >= 0.6 is 0 Å². The summed E-state index contributed by atoms with van der Waals surface area (Å²) in [4.78, 5) is 11.4. The molecule has 0 spiro atoms. The Morgan fingerprint density at radius 2 is 2.29 bits per heavy atom. The maximum Gasteiger partial charge on any atom is 0.265 e. The van der Waals surface area contributed by atoms with Crippen molar-refractivity contribution in [2.75, 3.05) is 5.32 Å². The lowest BCUT2D eigenvalue weighted by molar-refractivity contribution is -0.123. The Hall–Kier alpha value is -1.51. The van der Waals surface area contributed by atoms with Crippen LogP contribution in [0.15, 0.2) is 18.2 Å². The standard InChI is InChI=1S/C11H13NO2/c1-3-9-11(13)12-8-5-4-7(2)6-10(8)14-9/h4-6,9H,3H2,1-2H3,(H,12,13). The Bertz CT molecular complexity index is 374. The van der Waals surface area contributed by atoms with Gasteiger partial charge in [-0.15, -0.1) is 0 Å². The molecule has 0 fully saturated rings. The first-order chi connectivity index (χ1) is 6.70. The van der Waals surface area contributed by atoms with Gasteiger partial charge in [0.1, 0.15) is 5.75 Å². The Morgan fingerprint density at radius 1 is 1.50 bits per heavy atom. The first kappa shape index (κ1) is 9.06. The molecule has 0 saturated heterocycles. The monoisotopic (exact) mass is 191 g/mol. The number of ether oxygens (including phenoxy) is 1. The molecule has 0 saturated carbocycles. The van der Waals surface area contributed by atoms with E-state index in [0.29, 0.717) is 6.42 Å². The lowest BCUT2D eigenvalue weighted by Crippen LogP contribution is -2.36. The predicted octanol–water partition coefficient (Wildman–Crippen LogP) is 2.10.